The fourth-order valence-electron chi connectivity index (χ4n) is 3.02. The number of nitrogens with zero attached hydrogens (tertiary/aromatic N) is 1. The van der Waals surface area contributed by atoms with Crippen LogP contribution >= 0.6 is 0 Å². The third kappa shape index (κ3) is 3.65. The lowest BCUT2D eigenvalue weighted by molar-refractivity contribution is -0.116. The van der Waals surface area contributed by atoms with Crippen LogP contribution in [0.4, 0.5) is 5.69 Å². The Labute approximate surface area is 142 Å². The van der Waals surface area contributed by atoms with Gasteiger partial charge in [-0.2, -0.15) is 0 Å². The summed E-state index contributed by atoms with van der Waals surface area (Å²) in [5.41, 5.74) is 3.88. The van der Waals surface area contributed by atoms with E-state index in [-0.39, 0.29) is 11.8 Å². The van der Waals surface area contributed by atoms with Crippen LogP contribution in [0.25, 0.3) is 0 Å². The van der Waals surface area contributed by atoms with Crippen molar-refractivity contribution in [3.8, 4) is 0 Å². The average molecular weight is 322 g/mol. The number of nitrogens with one attached hydrogen (secondary N) is 1. The van der Waals surface area contributed by atoms with E-state index >= 15 is 0 Å². The van der Waals surface area contributed by atoms with Crippen molar-refractivity contribution >= 4 is 17.5 Å². The molecule has 2 aromatic rings. The van der Waals surface area contributed by atoms with E-state index in [9.17, 15) is 9.59 Å². The van der Waals surface area contributed by atoms with Crippen molar-refractivity contribution in [2.24, 2.45) is 0 Å². The molecule has 124 valence electrons. The Kier molecular flexibility index (Phi) is 4.94. The number of amides is 2. The van der Waals surface area contributed by atoms with Gasteiger partial charge in [-0.05, 0) is 48.2 Å². The van der Waals surface area contributed by atoms with E-state index in [0.717, 1.165) is 30.6 Å². The smallest absolute Gasteiger partial charge is 0.254 e. The van der Waals surface area contributed by atoms with Crippen molar-refractivity contribution in [1.29, 1.82) is 0 Å². The molecular weight excluding hydrogens is 300 g/mol. The van der Waals surface area contributed by atoms with Crippen molar-refractivity contribution in [1.82, 2.24) is 4.90 Å². The molecule has 24 heavy (non-hydrogen) atoms. The molecule has 0 spiro atoms. The number of carbonyl (C=O) groups is 2. The van der Waals surface area contributed by atoms with Crippen LogP contribution in [0.2, 0.25) is 0 Å². The minimum atomic E-state index is 0.0328. The van der Waals surface area contributed by atoms with Gasteiger partial charge in [-0.3, -0.25) is 9.59 Å². The normalized spacial score (nSPS) is 13.3. The highest BCUT2D eigenvalue weighted by molar-refractivity contribution is 5.94. The minimum absolute atomic E-state index is 0.0328. The molecule has 4 heteroatoms. The number of benzene rings is 2. The lowest BCUT2D eigenvalue weighted by atomic mass is 9.98. The maximum absolute atomic E-state index is 12.6. The molecule has 0 bridgehead atoms. The van der Waals surface area contributed by atoms with Crippen LogP contribution in [0, 0.1) is 0 Å². The first-order valence-electron chi connectivity index (χ1n) is 8.43. The van der Waals surface area contributed by atoms with Crippen LogP contribution in [0.5, 0.6) is 0 Å². The molecule has 0 radical (unpaired) electrons. The molecule has 0 aromatic heterocycles. The summed E-state index contributed by atoms with van der Waals surface area (Å²) in [5.74, 6) is 0.0900. The fraction of sp³-hybridized carbons (Fsp3) is 0.300. The Morgan fingerprint density at radius 3 is 2.62 bits per heavy atom. The van der Waals surface area contributed by atoms with Gasteiger partial charge in [0.2, 0.25) is 5.91 Å². The highest BCUT2D eigenvalue weighted by atomic mass is 16.2. The molecule has 1 heterocycles. The topological polar surface area (TPSA) is 49.4 Å². The van der Waals surface area contributed by atoms with E-state index in [0.29, 0.717) is 18.5 Å². The predicted octanol–water partition coefficient (Wildman–Crippen LogP) is 3.62. The Hall–Kier alpha value is -2.62. The van der Waals surface area contributed by atoms with Crippen molar-refractivity contribution in [2.75, 3.05) is 11.9 Å². The van der Waals surface area contributed by atoms with E-state index in [2.05, 4.69) is 11.4 Å². The molecule has 0 saturated carbocycles. The van der Waals surface area contributed by atoms with Gasteiger partial charge in [0.1, 0.15) is 0 Å². The van der Waals surface area contributed by atoms with Gasteiger partial charge in [0.15, 0.2) is 0 Å². The molecule has 0 saturated heterocycles. The second-order valence-electron chi connectivity index (χ2n) is 6.12. The van der Waals surface area contributed by atoms with Gasteiger partial charge >= 0.3 is 0 Å². The first kappa shape index (κ1) is 16.2. The zero-order valence-electron chi connectivity index (χ0n) is 13.9. The van der Waals surface area contributed by atoms with Gasteiger partial charge in [0, 0.05) is 30.8 Å². The molecule has 1 aliphatic heterocycles. The van der Waals surface area contributed by atoms with E-state index in [4.69, 9.17) is 0 Å². The van der Waals surface area contributed by atoms with Crippen molar-refractivity contribution in [2.45, 2.75) is 32.7 Å². The summed E-state index contributed by atoms with van der Waals surface area (Å²) >= 11 is 0. The molecule has 2 aromatic carbocycles. The number of fused-ring (bicyclic) bond motifs is 1. The molecule has 3 rings (SSSR count). The Balaban J connectivity index is 1.74. The van der Waals surface area contributed by atoms with Crippen LogP contribution in [0.3, 0.4) is 0 Å². The standard InChI is InChI=1S/C20H22N2O2/c1-2-6-19(23)21-18-10-9-15-11-12-22(14-17(15)13-18)20(24)16-7-4-3-5-8-16/h3-5,7-10,13H,2,6,11-12,14H2,1H3,(H,21,23). The molecular formula is C20H22N2O2. The zero-order chi connectivity index (χ0) is 16.9. The first-order chi connectivity index (χ1) is 11.7. The zero-order valence-corrected chi connectivity index (χ0v) is 13.9. The maximum Gasteiger partial charge on any atom is 0.254 e. The molecule has 2 amide bonds. The summed E-state index contributed by atoms with van der Waals surface area (Å²) in [6.45, 7) is 3.29. The van der Waals surface area contributed by atoms with Gasteiger partial charge in [0.05, 0.1) is 0 Å². The van der Waals surface area contributed by atoms with Crippen LogP contribution in [0.15, 0.2) is 48.5 Å². The lowest BCUT2D eigenvalue weighted by Crippen LogP contribution is -2.36. The van der Waals surface area contributed by atoms with Crippen LogP contribution in [-0.2, 0) is 17.8 Å². The Morgan fingerprint density at radius 1 is 1.08 bits per heavy atom. The van der Waals surface area contributed by atoms with Gasteiger partial charge in [-0.25, -0.2) is 0 Å². The quantitative estimate of drug-likeness (QED) is 0.934. The summed E-state index contributed by atoms with van der Waals surface area (Å²) in [5, 5.41) is 2.93. The number of rotatable bonds is 4. The highest BCUT2D eigenvalue weighted by Gasteiger charge is 2.22. The van der Waals surface area contributed by atoms with E-state index in [1.165, 1.54) is 5.56 Å². The monoisotopic (exact) mass is 322 g/mol. The third-order valence-electron chi connectivity index (χ3n) is 4.29. The average Bonchev–Trinajstić information content (AvgIpc) is 2.61. The van der Waals surface area contributed by atoms with Gasteiger partial charge in [0.25, 0.3) is 5.91 Å². The van der Waals surface area contributed by atoms with Crippen molar-refractivity contribution in [3.05, 3.63) is 65.2 Å². The summed E-state index contributed by atoms with van der Waals surface area (Å²) in [6, 6.07) is 15.4. The van der Waals surface area contributed by atoms with Gasteiger partial charge in [-0.15, -0.1) is 0 Å². The molecule has 0 unspecified atom stereocenters. The first-order valence-corrected chi connectivity index (χ1v) is 8.43. The largest absolute Gasteiger partial charge is 0.334 e. The highest BCUT2D eigenvalue weighted by Crippen LogP contribution is 2.24. The van der Waals surface area contributed by atoms with Gasteiger partial charge in [-0.1, -0.05) is 31.2 Å². The minimum Gasteiger partial charge on any atom is -0.334 e. The summed E-state index contributed by atoms with van der Waals surface area (Å²) < 4.78 is 0. The maximum atomic E-state index is 12.6. The van der Waals surface area contributed by atoms with Crippen molar-refractivity contribution in [3.63, 3.8) is 0 Å². The van der Waals surface area contributed by atoms with E-state index in [1.807, 2.05) is 54.3 Å². The Bertz CT molecular complexity index is 741. The number of anilines is 1. The van der Waals surface area contributed by atoms with E-state index < -0.39 is 0 Å². The number of carbonyl (C=O) groups excluding carboxylic acids is 2. The second-order valence-corrected chi connectivity index (χ2v) is 6.12. The molecule has 0 atom stereocenters. The van der Waals surface area contributed by atoms with Crippen molar-refractivity contribution < 1.29 is 9.59 Å². The summed E-state index contributed by atoms with van der Waals surface area (Å²) in [6.07, 6.45) is 2.20. The molecule has 0 fully saturated rings. The summed E-state index contributed by atoms with van der Waals surface area (Å²) in [7, 11) is 0. The summed E-state index contributed by atoms with van der Waals surface area (Å²) in [4.78, 5) is 26.2. The molecule has 1 aliphatic rings. The molecule has 0 aliphatic carbocycles. The molecule has 1 N–H and O–H groups in total. The van der Waals surface area contributed by atoms with Gasteiger partial charge < -0.3 is 10.2 Å². The van der Waals surface area contributed by atoms with Crippen LogP contribution in [-0.4, -0.2) is 23.3 Å². The lowest BCUT2D eigenvalue weighted by Gasteiger charge is -2.29. The van der Waals surface area contributed by atoms with E-state index in [1.54, 1.807) is 0 Å². The number of hydrogen-bond acceptors (Lipinski definition) is 2. The molecule has 4 nitrogen and oxygen atoms in total. The Morgan fingerprint density at radius 2 is 1.88 bits per heavy atom. The predicted molar refractivity (Wildman–Crippen MR) is 94.9 cm³/mol. The SMILES string of the molecule is CCCC(=O)Nc1ccc2c(c1)CN(C(=O)c1ccccc1)CC2. The third-order valence-corrected chi connectivity index (χ3v) is 4.29. The van der Waals surface area contributed by atoms with Crippen LogP contribution < -0.4 is 5.32 Å². The number of hydrogen-bond donors (Lipinski definition) is 1. The fourth-order valence-corrected chi connectivity index (χ4v) is 3.02. The second kappa shape index (κ2) is 7.30. The van der Waals surface area contributed by atoms with Crippen LogP contribution in [0.1, 0.15) is 41.3 Å².